The minimum Gasteiger partial charge on any atom is -0.454 e. The predicted molar refractivity (Wildman–Crippen MR) is 89.7 cm³/mol. The Hall–Kier alpha value is -2.21. The highest BCUT2D eigenvalue weighted by atomic mass is 35.5. The first kappa shape index (κ1) is 16.6. The van der Waals surface area contributed by atoms with Crippen molar-refractivity contribution in [3.05, 3.63) is 28.8 Å². The van der Waals surface area contributed by atoms with Crippen LogP contribution in [-0.4, -0.2) is 36.1 Å². The summed E-state index contributed by atoms with van der Waals surface area (Å²) in [7, 11) is 0. The van der Waals surface area contributed by atoms with Gasteiger partial charge >= 0.3 is 0 Å². The van der Waals surface area contributed by atoms with Gasteiger partial charge in [0, 0.05) is 18.7 Å². The fourth-order valence-electron chi connectivity index (χ4n) is 2.99. The molecule has 0 unspecified atom stereocenters. The molecule has 2 aliphatic heterocycles. The van der Waals surface area contributed by atoms with E-state index in [4.69, 9.17) is 26.8 Å². The van der Waals surface area contributed by atoms with Crippen molar-refractivity contribution < 1.29 is 19.1 Å². The van der Waals surface area contributed by atoms with Gasteiger partial charge in [-0.2, -0.15) is 0 Å². The van der Waals surface area contributed by atoms with Gasteiger partial charge in [-0.15, -0.1) is 0 Å². The highest BCUT2D eigenvalue weighted by Crippen LogP contribution is 2.40. The third kappa shape index (κ3) is 3.33. The minimum atomic E-state index is -0.355. The summed E-state index contributed by atoms with van der Waals surface area (Å²) in [6.45, 7) is 2.48. The van der Waals surface area contributed by atoms with Gasteiger partial charge in [-0.1, -0.05) is 11.6 Å². The molecule has 0 aliphatic carbocycles. The van der Waals surface area contributed by atoms with Crippen molar-refractivity contribution in [3.63, 3.8) is 0 Å². The van der Waals surface area contributed by atoms with Crippen LogP contribution < -0.4 is 15.2 Å². The maximum Gasteiger partial charge on any atom is 0.246 e. The number of primary amides is 1. The Morgan fingerprint density at radius 1 is 1.33 bits per heavy atom. The Morgan fingerprint density at radius 3 is 2.88 bits per heavy atom. The van der Waals surface area contributed by atoms with Gasteiger partial charge in [-0.05, 0) is 43.5 Å². The first-order valence-electron chi connectivity index (χ1n) is 7.83. The highest BCUT2D eigenvalue weighted by molar-refractivity contribution is 6.32. The lowest BCUT2D eigenvalue weighted by Gasteiger charge is -2.36. The number of piperidine rings is 1. The number of carbonyl (C=O) groups excluding carboxylic acids is 2. The van der Waals surface area contributed by atoms with E-state index in [1.165, 1.54) is 6.08 Å². The van der Waals surface area contributed by atoms with Crippen molar-refractivity contribution in [3.8, 4) is 11.5 Å². The fraction of sp³-hybridized carbons (Fsp3) is 0.412. The summed E-state index contributed by atoms with van der Waals surface area (Å²) in [6.07, 6.45) is 4.65. The lowest BCUT2D eigenvalue weighted by Crippen LogP contribution is -2.48. The van der Waals surface area contributed by atoms with Gasteiger partial charge in [-0.3, -0.25) is 9.59 Å². The smallest absolute Gasteiger partial charge is 0.246 e. The van der Waals surface area contributed by atoms with E-state index in [2.05, 4.69) is 0 Å². The molecule has 24 heavy (non-hydrogen) atoms. The monoisotopic (exact) mass is 350 g/mol. The predicted octanol–water partition coefficient (Wildman–Crippen LogP) is 2.19. The molecule has 2 N–H and O–H groups in total. The van der Waals surface area contributed by atoms with Crippen molar-refractivity contribution in [1.82, 2.24) is 4.90 Å². The molecule has 3 rings (SSSR count). The number of amides is 2. The molecule has 2 heterocycles. The molecule has 1 aromatic carbocycles. The van der Waals surface area contributed by atoms with Crippen molar-refractivity contribution >= 4 is 29.5 Å². The molecule has 2 aliphatic rings. The Bertz CT molecular complexity index is 704. The number of hydrogen-bond acceptors (Lipinski definition) is 4. The van der Waals surface area contributed by atoms with E-state index in [0.29, 0.717) is 23.1 Å². The molecule has 0 radical (unpaired) electrons. The van der Waals surface area contributed by atoms with Crippen molar-refractivity contribution in [2.24, 2.45) is 11.7 Å². The summed E-state index contributed by atoms with van der Waals surface area (Å²) in [5, 5.41) is 0.442. The molecular formula is C17H19ClN2O4. The van der Waals surface area contributed by atoms with Crippen molar-refractivity contribution in [1.29, 1.82) is 0 Å². The first-order chi connectivity index (χ1) is 11.5. The third-order valence-electron chi connectivity index (χ3n) is 4.44. The van der Waals surface area contributed by atoms with Crippen LogP contribution in [0.15, 0.2) is 18.2 Å². The third-order valence-corrected chi connectivity index (χ3v) is 4.72. The average Bonchev–Trinajstić information content (AvgIpc) is 3.02. The molecule has 0 aromatic heterocycles. The van der Waals surface area contributed by atoms with Crippen LogP contribution in [0.4, 0.5) is 0 Å². The van der Waals surface area contributed by atoms with E-state index in [-0.39, 0.29) is 30.6 Å². The summed E-state index contributed by atoms with van der Waals surface area (Å²) in [6, 6.07) is 3.56. The van der Waals surface area contributed by atoms with Crippen LogP contribution in [-0.2, 0) is 9.59 Å². The second-order valence-electron chi connectivity index (χ2n) is 6.09. The van der Waals surface area contributed by atoms with Gasteiger partial charge in [0.25, 0.3) is 0 Å². The van der Waals surface area contributed by atoms with Gasteiger partial charge in [-0.25, -0.2) is 0 Å². The zero-order chi connectivity index (χ0) is 17.3. The molecule has 0 spiro atoms. The molecule has 0 bridgehead atoms. The Morgan fingerprint density at radius 2 is 2.12 bits per heavy atom. The van der Waals surface area contributed by atoms with E-state index in [9.17, 15) is 9.59 Å². The topological polar surface area (TPSA) is 81.9 Å². The van der Waals surface area contributed by atoms with E-state index >= 15 is 0 Å². The number of hydrogen-bond donors (Lipinski definition) is 1. The van der Waals surface area contributed by atoms with Gasteiger partial charge in [0.1, 0.15) is 0 Å². The number of fused-ring (bicyclic) bond motifs is 1. The Balaban J connectivity index is 1.73. The maximum absolute atomic E-state index is 12.5. The minimum absolute atomic E-state index is 0.0816. The molecule has 1 aromatic rings. The normalized spacial score (nSPS) is 22.8. The Labute approximate surface area is 145 Å². The number of carbonyl (C=O) groups is 2. The first-order valence-corrected chi connectivity index (χ1v) is 8.20. The quantitative estimate of drug-likeness (QED) is 0.847. The lowest BCUT2D eigenvalue weighted by atomic mass is 9.93. The van der Waals surface area contributed by atoms with Gasteiger partial charge in [0.15, 0.2) is 11.5 Å². The van der Waals surface area contributed by atoms with Crippen molar-refractivity contribution in [2.45, 2.75) is 25.8 Å². The summed E-state index contributed by atoms with van der Waals surface area (Å²) in [5.74, 6) is 0.302. The second kappa shape index (κ2) is 6.73. The molecule has 7 heteroatoms. The molecule has 2 atom stereocenters. The molecule has 1 saturated heterocycles. The van der Waals surface area contributed by atoms with Crippen LogP contribution in [0.5, 0.6) is 11.5 Å². The molecular weight excluding hydrogens is 332 g/mol. The largest absolute Gasteiger partial charge is 0.454 e. The van der Waals surface area contributed by atoms with Crippen molar-refractivity contribution in [2.75, 3.05) is 13.3 Å². The summed E-state index contributed by atoms with van der Waals surface area (Å²) >= 11 is 6.13. The van der Waals surface area contributed by atoms with Gasteiger partial charge < -0.3 is 20.1 Å². The number of rotatable bonds is 3. The van der Waals surface area contributed by atoms with Crippen LogP contribution in [0.3, 0.4) is 0 Å². The maximum atomic E-state index is 12.5. The average molecular weight is 351 g/mol. The van der Waals surface area contributed by atoms with E-state index < -0.39 is 0 Å². The van der Waals surface area contributed by atoms with Crippen LogP contribution in [0.1, 0.15) is 25.3 Å². The molecule has 128 valence electrons. The lowest BCUT2D eigenvalue weighted by molar-refractivity contribution is -0.133. The molecule has 6 nitrogen and oxygen atoms in total. The van der Waals surface area contributed by atoms with E-state index in [1.54, 1.807) is 23.1 Å². The van der Waals surface area contributed by atoms with E-state index in [1.807, 2.05) is 6.92 Å². The van der Waals surface area contributed by atoms with Crippen LogP contribution in [0.25, 0.3) is 6.08 Å². The van der Waals surface area contributed by atoms with Crippen LogP contribution in [0.2, 0.25) is 5.02 Å². The number of halogens is 1. The summed E-state index contributed by atoms with van der Waals surface area (Å²) < 4.78 is 10.6. The molecule has 1 fully saturated rings. The summed E-state index contributed by atoms with van der Waals surface area (Å²) in [5.41, 5.74) is 6.12. The highest BCUT2D eigenvalue weighted by Gasteiger charge is 2.30. The zero-order valence-corrected chi connectivity index (χ0v) is 14.1. The number of ether oxygens (including phenoxy) is 2. The number of benzene rings is 1. The molecule has 2 amide bonds. The number of nitrogens with zero attached hydrogens (tertiary/aromatic N) is 1. The van der Waals surface area contributed by atoms with Crippen LogP contribution >= 0.6 is 11.6 Å². The van der Waals surface area contributed by atoms with E-state index in [0.717, 1.165) is 18.4 Å². The van der Waals surface area contributed by atoms with Gasteiger partial charge in [0.05, 0.1) is 10.9 Å². The number of nitrogens with two attached hydrogens (primary N) is 1. The summed E-state index contributed by atoms with van der Waals surface area (Å²) in [4.78, 5) is 25.5. The zero-order valence-electron chi connectivity index (χ0n) is 13.3. The fourth-order valence-corrected chi connectivity index (χ4v) is 3.27. The SMILES string of the molecule is C[C@@H]1CC[C@@H](C(N)=O)CN1C(=O)/C=C\c1cc(Cl)c2c(c1)OCO2. The van der Waals surface area contributed by atoms with Gasteiger partial charge in [0.2, 0.25) is 18.6 Å². The molecule has 0 saturated carbocycles. The number of likely N-dealkylation sites (tertiary alicyclic amines) is 1. The second-order valence-corrected chi connectivity index (χ2v) is 6.49. The van der Waals surface area contributed by atoms with Crippen LogP contribution in [0, 0.1) is 5.92 Å². The standard InChI is InChI=1S/C17H19ClN2O4/c1-10-2-4-12(17(19)22)8-20(10)15(21)5-3-11-6-13(18)16-14(7-11)23-9-24-16/h3,5-7,10,12H,2,4,8-9H2,1H3,(H2,19,22)/b5-3-/t10-,12-/m1/s1. The Kier molecular flexibility index (Phi) is 4.66.